The fourth-order valence-electron chi connectivity index (χ4n) is 2.24. The van der Waals surface area contributed by atoms with Crippen molar-refractivity contribution in [1.82, 2.24) is 10.2 Å². The fraction of sp³-hybridized carbons (Fsp3) is 0.467. The van der Waals surface area contributed by atoms with Crippen LogP contribution in [0.25, 0.3) is 0 Å². The van der Waals surface area contributed by atoms with Crippen LogP contribution in [0.15, 0.2) is 28.7 Å². The number of hydrogen-bond donors (Lipinski definition) is 1. The summed E-state index contributed by atoms with van der Waals surface area (Å²) < 4.78 is 1.04. The molecular formula is C15H19BrN2O2. The molecule has 0 heterocycles. The molecule has 1 aliphatic rings. The van der Waals surface area contributed by atoms with Crippen molar-refractivity contribution in [3.8, 4) is 0 Å². The summed E-state index contributed by atoms with van der Waals surface area (Å²) in [6.45, 7) is 0.414. The van der Waals surface area contributed by atoms with Gasteiger partial charge < -0.3 is 10.2 Å². The van der Waals surface area contributed by atoms with Gasteiger partial charge in [0.2, 0.25) is 11.8 Å². The van der Waals surface area contributed by atoms with Gasteiger partial charge in [-0.1, -0.05) is 28.1 Å². The highest BCUT2D eigenvalue weighted by Gasteiger charge is 2.43. The van der Waals surface area contributed by atoms with Crippen molar-refractivity contribution in [2.75, 3.05) is 20.6 Å². The Morgan fingerprint density at radius 3 is 2.80 bits per heavy atom. The van der Waals surface area contributed by atoms with Gasteiger partial charge in [-0.25, -0.2) is 0 Å². The third-order valence-corrected chi connectivity index (χ3v) is 4.03. The topological polar surface area (TPSA) is 49.4 Å². The molecule has 1 aromatic rings. The van der Waals surface area contributed by atoms with Gasteiger partial charge >= 0.3 is 0 Å². The Morgan fingerprint density at radius 1 is 1.40 bits per heavy atom. The summed E-state index contributed by atoms with van der Waals surface area (Å²) in [5, 5.41) is 2.85. The molecule has 5 heteroatoms. The summed E-state index contributed by atoms with van der Waals surface area (Å²) in [7, 11) is 3.43. The Kier molecular flexibility index (Phi) is 4.81. The molecule has 1 N–H and O–H groups in total. The van der Waals surface area contributed by atoms with Crippen LogP contribution in [0.4, 0.5) is 0 Å². The van der Waals surface area contributed by atoms with E-state index in [-0.39, 0.29) is 17.7 Å². The molecule has 1 fully saturated rings. The Bertz CT molecular complexity index is 516. The predicted molar refractivity (Wildman–Crippen MR) is 81.3 cm³/mol. The van der Waals surface area contributed by atoms with Crippen LogP contribution in [0.2, 0.25) is 0 Å². The third-order valence-electron chi connectivity index (χ3n) is 3.54. The van der Waals surface area contributed by atoms with Crippen LogP contribution in [-0.2, 0) is 9.59 Å². The molecule has 4 nitrogen and oxygen atoms in total. The molecule has 0 bridgehead atoms. The van der Waals surface area contributed by atoms with E-state index in [4.69, 9.17) is 0 Å². The second kappa shape index (κ2) is 6.39. The van der Waals surface area contributed by atoms with Crippen molar-refractivity contribution in [3.05, 3.63) is 34.3 Å². The maximum Gasteiger partial charge on any atom is 0.223 e. The maximum atomic E-state index is 12.0. The van der Waals surface area contributed by atoms with E-state index in [1.165, 1.54) is 10.5 Å². The van der Waals surface area contributed by atoms with Crippen LogP contribution >= 0.6 is 15.9 Å². The molecular weight excluding hydrogens is 320 g/mol. The van der Waals surface area contributed by atoms with Crippen molar-refractivity contribution < 1.29 is 9.59 Å². The SMILES string of the molecule is CN(C)C(=O)CCNC(=O)C1CC1c1cccc(Br)c1. The molecule has 0 aliphatic heterocycles. The lowest BCUT2D eigenvalue weighted by Crippen LogP contribution is -2.31. The van der Waals surface area contributed by atoms with E-state index in [2.05, 4.69) is 33.4 Å². The molecule has 1 aromatic carbocycles. The van der Waals surface area contributed by atoms with Crippen molar-refractivity contribution in [2.45, 2.75) is 18.8 Å². The number of carbonyl (C=O) groups excluding carboxylic acids is 2. The normalized spacial score (nSPS) is 20.4. The van der Waals surface area contributed by atoms with Crippen LogP contribution < -0.4 is 5.32 Å². The van der Waals surface area contributed by atoms with Crippen LogP contribution in [0.1, 0.15) is 24.3 Å². The summed E-state index contributed by atoms with van der Waals surface area (Å²) >= 11 is 3.44. The zero-order valence-corrected chi connectivity index (χ0v) is 13.3. The van der Waals surface area contributed by atoms with E-state index in [0.717, 1.165) is 10.9 Å². The van der Waals surface area contributed by atoms with Gasteiger partial charge in [0.1, 0.15) is 0 Å². The van der Waals surface area contributed by atoms with Gasteiger partial charge in [0.05, 0.1) is 0 Å². The van der Waals surface area contributed by atoms with Crippen molar-refractivity contribution in [3.63, 3.8) is 0 Å². The van der Waals surface area contributed by atoms with Gasteiger partial charge in [0.25, 0.3) is 0 Å². The van der Waals surface area contributed by atoms with Gasteiger partial charge in [0.15, 0.2) is 0 Å². The molecule has 2 amide bonds. The maximum absolute atomic E-state index is 12.0. The van der Waals surface area contributed by atoms with E-state index in [9.17, 15) is 9.59 Å². The highest BCUT2D eigenvalue weighted by Crippen LogP contribution is 2.47. The van der Waals surface area contributed by atoms with Gasteiger partial charge in [0, 0.05) is 37.5 Å². The zero-order valence-electron chi connectivity index (χ0n) is 11.7. The minimum Gasteiger partial charge on any atom is -0.355 e. The van der Waals surface area contributed by atoms with E-state index in [0.29, 0.717) is 18.9 Å². The first kappa shape index (κ1) is 15.0. The average molecular weight is 339 g/mol. The quantitative estimate of drug-likeness (QED) is 0.894. The molecule has 0 saturated heterocycles. The molecule has 1 saturated carbocycles. The predicted octanol–water partition coefficient (Wildman–Crippen LogP) is 2.15. The van der Waals surface area contributed by atoms with E-state index in [1.807, 2.05) is 12.1 Å². The van der Waals surface area contributed by atoms with Gasteiger partial charge in [-0.15, -0.1) is 0 Å². The van der Waals surface area contributed by atoms with Crippen molar-refractivity contribution in [2.24, 2.45) is 5.92 Å². The number of halogens is 1. The lowest BCUT2D eigenvalue weighted by Gasteiger charge is -2.10. The van der Waals surface area contributed by atoms with Crippen LogP contribution in [0.3, 0.4) is 0 Å². The van der Waals surface area contributed by atoms with Gasteiger partial charge in [-0.3, -0.25) is 9.59 Å². The first-order valence-corrected chi connectivity index (χ1v) is 7.51. The van der Waals surface area contributed by atoms with Crippen molar-refractivity contribution in [1.29, 1.82) is 0 Å². The number of carbonyl (C=O) groups is 2. The lowest BCUT2D eigenvalue weighted by molar-refractivity contribution is -0.128. The summed E-state index contributed by atoms with van der Waals surface area (Å²) in [5.74, 6) is 0.460. The number of amides is 2. The number of nitrogens with one attached hydrogen (secondary N) is 1. The second-order valence-corrected chi connectivity index (χ2v) is 6.25. The molecule has 1 aliphatic carbocycles. The van der Waals surface area contributed by atoms with E-state index < -0.39 is 0 Å². The van der Waals surface area contributed by atoms with E-state index in [1.54, 1.807) is 14.1 Å². The van der Waals surface area contributed by atoms with Crippen molar-refractivity contribution >= 4 is 27.7 Å². The number of nitrogens with zero attached hydrogens (tertiary/aromatic N) is 1. The summed E-state index contributed by atoms with van der Waals surface area (Å²) in [6.07, 6.45) is 1.25. The Morgan fingerprint density at radius 2 is 2.15 bits per heavy atom. The third kappa shape index (κ3) is 3.82. The first-order valence-electron chi connectivity index (χ1n) is 6.72. The Labute approximate surface area is 127 Å². The number of hydrogen-bond acceptors (Lipinski definition) is 2. The molecule has 0 aromatic heterocycles. The van der Waals surface area contributed by atoms with E-state index >= 15 is 0 Å². The molecule has 0 spiro atoms. The smallest absolute Gasteiger partial charge is 0.223 e. The highest BCUT2D eigenvalue weighted by molar-refractivity contribution is 9.10. The minimum absolute atomic E-state index is 0.0321. The monoisotopic (exact) mass is 338 g/mol. The first-order chi connectivity index (χ1) is 9.49. The van der Waals surface area contributed by atoms with Crippen LogP contribution in [-0.4, -0.2) is 37.4 Å². The summed E-state index contributed by atoms with van der Waals surface area (Å²) in [5.41, 5.74) is 1.20. The molecule has 2 rings (SSSR count). The average Bonchev–Trinajstić information content (AvgIpc) is 3.18. The lowest BCUT2D eigenvalue weighted by atomic mass is 10.1. The Hall–Kier alpha value is -1.36. The summed E-state index contributed by atoms with van der Waals surface area (Å²) in [6, 6.07) is 8.09. The molecule has 20 heavy (non-hydrogen) atoms. The van der Waals surface area contributed by atoms with Crippen LogP contribution in [0.5, 0.6) is 0 Å². The second-order valence-electron chi connectivity index (χ2n) is 5.33. The fourth-order valence-corrected chi connectivity index (χ4v) is 2.65. The highest BCUT2D eigenvalue weighted by atomic mass is 79.9. The molecule has 2 unspecified atom stereocenters. The Balaban J connectivity index is 1.77. The zero-order chi connectivity index (χ0) is 14.7. The molecule has 2 atom stereocenters. The summed E-state index contributed by atoms with van der Waals surface area (Å²) in [4.78, 5) is 24.9. The molecule has 108 valence electrons. The van der Waals surface area contributed by atoms with Crippen LogP contribution in [0, 0.1) is 5.92 Å². The largest absolute Gasteiger partial charge is 0.355 e. The standard InChI is InChI=1S/C15H19BrN2O2/c1-18(2)14(19)6-7-17-15(20)13-9-12(13)10-4-3-5-11(16)8-10/h3-5,8,12-13H,6-7,9H2,1-2H3,(H,17,20). The number of benzene rings is 1. The van der Waals surface area contributed by atoms with Gasteiger partial charge in [-0.2, -0.15) is 0 Å². The minimum atomic E-state index is 0.0321. The van der Waals surface area contributed by atoms with Gasteiger partial charge in [-0.05, 0) is 30.0 Å². The molecule has 0 radical (unpaired) electrons. The number of rotatable bonds is 5.